The molecule has 0 aliphatic heterocycles. The predicted octanol–water partition coefficient (Wildman–Crippen LogP) is 4.53. The summed E-state index contributed by atoms with van der Waals surface area (Å²) in [5.41, 5.74) is 1.81. The zero-order chi connectivity index (χ0) is 15.2. The van der Waals surface area contributed by atoms with Crippen molar-refractivity contribution in [3.63, 3.8) is 0 Å². The van der Waals surface area contributed by atoms with Gasteiger partial charge in [-0.1, -0.05) is 18.9 Å². The number of aryl methyl sites for hydroxylation is 2. The maximum atomic E-state index is 11.3. The second-order valence-corrected chi connectivity index (χ2v) is 6.96. The van der Waals surface area contributed by atoms with Crippen LogP contribution in [0.2, 0.25) is 0 Å². The maximum Gasteiger partial charge on any atom is 0.311 e. The van der Waals surface area contributed by atoms with E-state index in [1.165, 1.54) is 12.8 Å². The second kappa shape index (κ2) is 5.16. The lowest BCUT2D eigenvalue weighted by Gasteiger charge is -2.50. The molecule has 3 rings (SSSR count). The van der Waals surface area contributed by atoms with Crippen LogP contribution in [0, 0.1) is 29.4 Å². The number of halogens is 1. The van der Waals surface area contributed by atoms with E-state index in [9.17, 15) is 10.1 Å². The molecule has 2 fully saturated rings. The minimum absolute atomic E-state index is 0.0163. The Hall–Kier alpha value is -1.29. The third kappa shape index (κ3) is 2.30. The van der Waals surface area contributed by atoms with Crippen LogP contribution in [-0.4, -0.2) is 16.4 Å². The second-order valence-electron chi connectivity index (χ2n) is 6.44. The van der Waals surface area contributed by atoms with Crippen LogP contribution in [0.25, 0.3) is 0 Å². The SMILES string of the molecule is Cc1cc(C)c(OC2CC(Cl)C23CCCC3)c([N+](=O)[O-])c1. The summed E-state index contributed by atoms with van der Waals surface area (Å²) in [5, 5.41) is 11.4. The van der Waals surface area contributed by atoms with Gasteiger partial charge in [0.1, 0.15) is 6.10 Å². The largest absolute Gasteiger partial charge is 0.483 e. The average molecular weight is 310 g/mol. The number of benzene rings is 1. The van der Waals surface area contributed by atoms with Gasteiger partial charge < -0.3 is 4.74 Å². The van der Waals surface area contributed by atoms with Crippen LogP contribution in [0.15, 0.2) is 12.1 Å². The molecule has 4 nitrogen and oxygen atoms in total. The summed E-state index contributed by atoms with van der Waals surface area (Å²) < 4.78 is 6.11. The van der Waals surface area contributed by atoms with Crippen LogP contribution in [0.1, 0.15) is 43.2 Å². The van der Waals surface area contributed by atoms with Crippen LogP contribution in [0.5, 0.6) is 5.75 Å². The minimum atomic E-state index is -0.354. The highest BCUT2D eigenvalue weighted by molar-refractivity contribution is 6.21. The van der Waals surface area contributed by atoms with Crippen LogP contribution in [0.4, 0.5) is 5.69 Å². The molecule has 2 aliphatic rings. The van der Waals surface area contributed by atoms with Crippen molar-refractivity contribution in [2.45, 2.75) is 57.4 Å². The quantitative estimate of drug-likeness (QED) is 0.468. The third-order valence-electron chi connectivity index (χ3n) is 5.08. The fourth-order valence-corrected chi connectivity index (χ4v) is 4.42. The number of hydrogen-bond donors (Lipinski definition) is 0. The number of hydrogen-bond acceptors (Lipinski definition) is 3. The first-order valence-corrected chi connectivity index (χ1v) is 7.94. The molecular weight excluding hydrogens is 290 g/mol. The molecule has 0 heterocycles. The van der Waals surface area contributed by atoms with Gasteiger partial charge in [0, 0.05) is 23.3 Å². The highest BCUT2D eigenvalue weighted by atomic mass is 35.5. The zero-order valence-corrected chi connectivity index (χ0v) is 13.2. The fraction of sp³-hybridized carbons (Fsp3) is 0.625. The monoisotopic (exact) mass is 309 g/mol. The molecule has 1 aromatic carbocycles. The minimum Gasteiger partial charge on any atom is -0.483 e. The molecule has 2 aliphatic carbocycles. The van der Waals surface area contributed by atoms with Gasteiger partial charge in [-0.05, 0) is 37.8 Å². The highest BCUT2D eigenvalue weighted by Gasteiger charge is 2.57. The van der Waals surface area contributed by atoms with Gasteiger partial charge in [-0.2, -0.15) is 0 Å². The number of nitro groups is 1. The van der Waals surface area contributed by atoms with E-state index in [0.717, 1.165) is 30.4 Å². The van der Waals surface area contributed by atoms with E-state index >= 15 is 0 Å². The van der Waals surface area contributed by atoms with E-state index in [1.807, 2.05) is 19.9 Å². The van der Waals surface area contributed by atoms with E-state index in [1.54, 1.807) is 6.07 Å². The van der Waals surface area contributed by atoms with Crippen molar-refractivity contribution in [1.29, 1.82) is 0 Å². The maximum absolute atomic E-state index is 11.3. The van der Waals surface area contributed by atoms with E-state index in [4.69, 9.17) is 16.3 Å². The van der Waals surface area contributed by atoms with Gasteiger partial charge in [-0.3, -0.25) is 10.1 Å². The first-order chi connectivity index (χ1) is 9.94. The van der Waals surface area contributed by atoms with E-state index in [2.05, 4.69) is 0 Å². The third-order valence-corrected chi connectivity index (χ3v) is 5.69. The normalized spacial score (nSPS) is 26.6. The van der Waals surface area contributed by atoms with Gasteiger partial charge in [0.05, 0.1) is 4.92 Å². The molecule has 2 atom stereocenters. The molecule has 0 bridgehead atoms. The molecule has 2 saturated carbocycles. The summed E-state index contributed by atoms with van der Waals surface area (Å²) in [6.07, 6.45) is 5.31. The molecular formula is C16H20ClNO3. The molecule has 5 heteroatoms. The summed E-state index contributed by atoms with van der Waals surface area (Å²) in [7, 11) is 0. The van der Waals surface area contributed by atoms with Crippen LogP contribution < -0.4 is 4.74 Å². The molecule has 1 aromatic rings. The van der Waals surface area contributed by atoms with Crippen molar-refractivity contribution < 1.29 is 9.66 Å². The molecule has 0 radical (unpaired) electrons. The van der Waals surface area contributed by atoms with Crippen molar-refractivity contribution in [2.24, 2.45) is 5.41 Å². The number of ether oxygens (including phenoxy) is 1. The molecule has 1 spiro atoms. The number of rotatable bonds is 3. The molecule has 0 aromatic heterocycles. The van der Waals surface area contributed by atoms with Crippen molar-refractivity contribution in [2.75, 3.05) is 0 Å². The predicted molar refractivity (Wildman–Crippen MR) is 82.1 cm³/mol. The lowest BCUT2D eigenvalue weighted by molar-refractivity contribution is -0.386. The van der Waals surface area contributed by atoms with Gasteiger partial charge in [0.2, 0.25) is 0 Å². The lowest BCUT2D eigenvalue weighted by atomic mass is 9.64. The summed E-state index contributed by atoms with van der Waals surface area (Å²) >= 11 is 6.43. The van der Waals surface area contributed by atoms with Crippen LogP contribution in [0.3, 0.4) is 0 Å². The summed E-state index contributed by atoms with van der Waals surface area (Å²) in [5.74, 6) is 0.422. The van der Waals surface area contributed by atoms with Gasteiger partial charge in [-0.15, -0.1) is 11.6 Å². The molecule has 0 amide bonds. The summed E-state index contributed by atoms with van der Waals surface area (Å²) in [6.45, 7) is 3.73. The van der Waals surface area contributed by atoms with Crippen LogP contribution >= 0.6 is 11.6 Å². The Morgan fingerprint density at radius 1 is 1.33 bits per heavy atom. The average Bonchev–Trinajstić information content (AvgIpc) is 2.92. The van der Waals surface area contributed by atoms with Gasteiger partial charge in [0.15, 0.2) is 5.75 Å². The number of nitrogens with zero attached hydrogens (tertiary/aromatic N) is 1. The zero-order valence-electron chi connectivity index (χ0n) is 12.4. The Morgan fingerprint density at radius 3 is 2.57 bits per heavy atom. The van der Waals surface area contributed by atoms with E-state index in [0.29, 0.717) is 5.75 Å². The Kier molecular flexibility index (Phi) is 3.60. The first-order valence-electron chi connectivity index (χ1n) is 7.50. The van der Waals surface area contributed by atoms with Crippen molar-refractivity contribution in [1.82, 2.24) is 0 Å². The Labute approximate surface area is 129 Å². The summed E-state index contributed by atoms with van der Waals surface area (Å²) in [4.78, 5) is 10.9. The van der Waals surface area contributed by atoms with E-state index in [-0.39, 0.29) is 27.5 Å². The number of alkyl halides is 1. The highest BCUT2D eigenvalue weighted by Crippen LogP contribution is 2.57. The molecule has 21 heavy (non-hydrogen) atoms. The molecule has 2 unspecified atom stereocenters. The Morgan fingerprint density at radius 2 is 2.00 bits per heavy atom. The molecule has 114 valence electrons. The van der Waals surface area contributed by atoms with Gasteiger partial charge in [-0.25, -0.2) is 0 Å². The molecule has 0 N–H and O–H groups in total. The number of nitro benzene ring substituents is 1. The van der Waals surface area contributed by atoms with Gasteiger partial charge in [0.25, 0.3) is 0 Å². The van der Waals surface area contributed by atoms with E-state index < -0.39 is 0 Å². The van der Waals surface area contributed by atoms with Gasteiger partial charge >= 0.3 is 5.69 Å². The van der Waals surface area contributed by atoms with Crippen molar-refractivity contribution >= 4 is 17.3 Å². The Balaban J connectivity index is 1.90. The Bertz CT molecular complexity index is 581. The van der Waals surface area contributed by atoms with Crippen molar-refractivity contribution in [3.05, 3.63) is 33.4 Å². The standard InChI is InChI=1S/C16H20ClNO3/c1-10-7-11(2)15(12(8-10)18(19)20)21-14-9-13(17)16(14)5-3-4-6-16/h7-8,13-14H,3-6,9H2,1-2H3. The fourth-order valence-electron chi connectivity index (χ4n) is 3.90. The first kappa shape index (κ1) is 14.6. The smallest absolute Gasteiger partial charge is 0.311 e. The summed E-state index contributed by atoms with van der Waals surface area (Å²) in [6, 6.07) is 3.51. The lowest BCUT2D eigenvalue weighted by Crippen LogP contribution is -2.55. The van der Waals surface area contributed by atoms with Crippen molar-refractivity contribution in [3.8, 4) is 5.75 Å². The topological polar surface area (TPSA) is 52.4 Å². The molecule has 0 saturated heterocycles. The van der Waals surface area contributed by atoms with Crippen LogP contribution in [-0.2, 0) is 0 Å².